The molecule has 7 nitrogen and oxygen atoms in total. The van der Waals surface area contributed by atoms with Gasteiger partial charge in [-0.1, -0.05) is 32.6 Å². The van der Waals surface area contributed by atoms with Crippen LogP contribution in [0.1, 0.15) is 70.9 Å². The summed E-state index contributed by atoms with van der Waals surface area (Å²) < 4.78 is 11.3. The maximum Gasteiger partial charge on any atom is 0.347 e. The van der Waals surface area contributed by atoms with Crippen molar-refractivity contribution < 1.29 is 34.4 Å². The molecule has 0 radical (unpaired) electrons. The van der Waals surface area contributed by atoms with Crippen LogP contribution in [0.3, 0.4) is 0 Å². The molecule has 2 aromatic carbocycles. The average molecular weight is 400 g/mol. The fourth-order valence-electron chi connectivity index (χ4n) is 3.59. The minimum atomic E-state index is -1.29. The Balaban J connectivity index is 2.09. The lowest BCUT2D eigenvalue weighted by Crippen LogP contribution is -2.10. The summed E-state index contributed by atoms with van der Waals surface area (Å²) in [5, 5.41) is 29.8. The van der Waals surface area contributed by atoms with E-state index in [1.165, 1.54) is 12.1 Å². The lowest BCUT2D eigenvalue weighted by Gasteiger charge is -2.16. The van der Waals surface area contributed by atoms with E-state index in [0.717, 1.165) is 31.7 Å². The van der Waals surface area contributed by atoms with Crippen LogP contribution in [0.4, 0.5) is 0 Å². The van der Waals surface area contributed by atoms with Crippen molar-refractivity contribution in [2.24, 2.45) is 0 Å². The van der Waals surface area contributed by atoms with Gasteiger partial charge in [0.2, 0.25) is 0 Å². The lowest BCUT2D eigenvalue weighted by atomic mass is 9.98. The van der Waals surface area contributed by atoms with Gasteiger partial charge in [0.1, 0.15) is 28.4 Å². The van der Waals surface area contributed by atoms with Crippen LogP contribution in [0, 0.1) is 6.92 Å². The smallest absolute Gasteiger partial charge is 0.347 e. The number of rotatable bonds is 7. The molecule has 1 heterocycles. The fourth-order valence-corrected chi connectivity index (χ4v) is 3.59. The third-order valence-electron chi connectivity index (χ3n) is 4.97. The molecule has 7 heteroatoms. The molecule has 0 saturated carbocycles. The van der Waals surface area contributed by atoms with Crippen molar-refractivity contribution in [1.29, 1.82) is 0 Å². The molecule has 0 bridgehead atoms. The van der Waals surface area contributed by atoms with E-state index in [2.05, 4.69) is 6.92 Å². The Hall–Kier alpha value is -3.22. The van der Waals surface area contributed by atoms with Crippen LogP contribution in [0.15, 0.2) is 18.2 Å². The number of aromatic hydroxyl groups is 2. The second-order valence-corrected chi connectivity index (χ2v) is 7.17. The number of esters is 1. The van der Waals surface area contributed by atoms with Crippen LogP contribution in [-0.4, -0.2) is 27.3 Å². The molecule has 0 aliphatic carbocycles. The molecule has 1 aliphatic heterocycles. The van der Waals surface area contributed by atoms with E-state index in [1.807, 2.05) is 0 Å². The predicted octanol–water partition coefficient (Wildman–Crippen LogP) is 4.94. The molecular formula is C22H24O7. The Labute approximate surface area is 168 Å². The average Bonchev–Trinajstić information content (AvgIpc) is 2.76. The number of benzene rings is 2. The molecule has 154 valence electrons. The van der Waals surface area contributed by atoms with Crippen LogP contribution >= 0.6 is 0 Å². The van der Waals surface area contributed by atoms with Gasteiger partial charge < -0.3 is 24.8 Å². The molecule has 0 aromatic heterocycles. The van der Waals surface area contributed by atoms with Gasteiger partial charge in [0.25, 0.3) is 0 Å². The van der Waals surface area contributed by atoms with Crippen molar-refractivity contribution in [3.8, 4) is 28.7 Å². The predicted molar refractivity (Wildman–Crippen MR) is 105 cm³/mol. The summed E-state index contributed by atoms with van der Waals surface area (Å²) in [7, 11) is 0. The number of carboxylic acid groups (broad SMARTS) is 1. The molecule has 0 fully saturated rings. The van der Waals surface area contributed by atoms with Gasteiger partial charge in [-0.15, -0.1) is 0 Å². The largest absolute Gasteiger partial charge is 0.508 e. The van der Waals surface area contributed by atoms with Crippen molar-refractivity contribution in [2.75, 3.05) is 0 Å². The molecule has 3 rings (SSSR count). The van der Waals surface area contributed by atoms with Gasteiger partial charge >= 0.3 is 11.9 Å². The van der Waals surface area contributed by atoms with Gasteiger partial charge in [0.15, 0.2) is 11.5 Å². The summed E-state index contributed by atoms with van der Waals surface area (Å²) in [6.45, 7) is 3.74. The molecule has 0 saturated heterocycles. The number of hydrogen-bond acceptors (Lipinski definition) is 6. The number of aromatic carboxylic acids is 1. The summed E-state index contributed by atoms with van der Waals surface area (Å²) >= 11 is 0. The van der Waals surface area contributed by atoms with Crippen LogP contribution in [0.2, 0.25) is 0 Å². The Kier molecular flexibility index (Phi) is 5.96. The van der Waals surface area contributed by atoms with E-state index in [1.54, 1.807) is 6.92 Å². The number of carbonyl (C=O) groups is 2. The second-order valence-electron chi connectivity index (χ2n) is 7.17. The quantitative estimate of drug-likeness (QED) is 0.343. The minimum absolute atomic E-state index is 0.0452. The van der Waals surface area contributed by atoms with Crippen molar-refractivity contribution >= 4 is 11.9 Å². The first-order valence-electron chi connectivity index (χ1n) is 9.69. The summed E-state index contributed by atoms with van der Waals surface area (Å²) in [5.41, 5.74) is 0.604. The molecule has 3 N–H and O–H groups in total. The van der Waals surface area contributed by atoms with E-state index in [9.17, 15) is 24.9 Å². The molecule has 0 atom stereocenters. The van der Waals surface area contributed by atoms with E-state index in [-0.39, 0.29) is 39.7 Å². The number of hydrogen-bond donors (Lipinski definition) is 3. The summed E-state index contributed by atoms with van der Waals surface area (Å²) in [6, 6.07) is 3.78. The van der Waals surface area contributed by atoms with E-state index >= 15 is 0 Å². The standard InChI is InChI=1S/C22H24O7/c1-3-4-5-6-7-8-14-19(21(25)26)15(24)11-17-20(14)28-16-10-13(23)9-12(2)18(16)22(27)29-17/h9-11,23-24H,3-8H2,1-2H3,(H,25,26). The first-order chi connectivity index (χ1) is 13.8. The first kappa shape index (κ1) is 20.5. The summed E-state index contributed by atoms with van der Waals surface area (Å²) in [6.07, 6.45) is 5.12. The SMILES string of the molecule is CCCCCCCc1c2c(cc(O)c1C(=O)O)OC(=O)c1c(C)cc(O)cc1O2. The van der Waals surface area contributed by atoms with Crippen molar-refractivity contribution in [3.05, 3.63) is 40.5 Å². The highest BCUT2D eigenvalue weighted by atomic mass is 16.6. The topological polar surface area (TPSA) is 113 Å². The summed E-state index contributed by atoms with van der Waals surface area (Å²) in [4.78, 5) is 24.4. The van der Waals surface area contributed by atoms with Gasteiger partial charge in [-0.05, 0) is 31.4 Å². The third kappa shape index (κ3) is 4.13. The maximum absolute atomic E-state index is 12.6. The number of carbonyl (C=O) groups excluding carboxylic acids is 1. The molecule has 1 aliphatic rings. The molecule has 29 heavy (non-hydrogen) atoms. The lowest BCUT2D eigenvalue weighted by molar-refractivity contribution is 0.0691. The fraction of sp³-hybridized carbons (Fsp3) is 0.364. The minimum Gasteiger partial charge on any atom is -0.508 e. The number of phenolic OH excluding ortho intramolecular Hbond substituents is 1. The monoisotopic (exact) mass is 400 g/mol. The van der Waals surface area contributed by atoms with Crippen molar-refractivity contribution in [2.45, 2.75) is 52.4 Å². The molecule has 0 amide bonds. The summed E-state index contributed by atoms with van der Waals surface area (Å²) in [5.74, 6) is -2.45. The van der Waals surface area contributed by atoms with Crippen LogP contribution in [0.25, 0.3) is 0 Å². The highest BCUT2D eigenvalue weighted by Crippen LogP contribution is 2.46. The van der Waals surface area contributed by atoms with Gasteiger partial charge in [-0.2, -0.15) is 0 Å². The number of fused-ring (bicyclic) bond motifs is 2. The Morgan fingerprint density at radius 3 is 2.41 bits per heavy atom. The van der Waals surface area contributed by atoms with E-state index < -0.39 is 17.7 Å². The van der Waals surface area contributed by atoms with Crippen LogP contribution < -0.4 is 9.47 Å². The van der Waals surface area contributed by atoms with Gasteiger partial charge in [-0.25, -0.2) is 9.59 Å². The molecular weight excluding hydrogens is 376 g/mol. The molecule has 2 aromatic rings. The van der Waals surface area contributed by atoms with Crippen LogP contribution in [-0.2, 0) is 6.42 Å². The Bertz CT molecular complexity index is 962. The van der Waals surface area contributed by atoms with E-state index in [0.29, 0.717) is 18.4 Å². The number of unbranched alkanes of at least 4 members (excludes halogenated alkanes) is 4. The maximum atomic E-state index is 12.6. The zero-order valence-electron chi connectivity index (χ0n) is 16.4. The number of carboxylic acids is 1. The van der Waals surface area contributed by atoms with Crippen molar-refractivity contribution in [1.82, 2.24) is 0 Å². The van der Waals surface area contributed by atoms with Gasteiger partial charge in [0.05, 0.1) is 0 Å². The number of phenols is 2. The second kappa shape index (κ2) is 8.43. The normalized spacial score (nSPS) is 12.4. The van der Waals surface area contributed by atoms with Crippen molar-refractivity contribution in [3.63, 3.8) is 0 Å². The Morgan fingerprint density at radius 1 is 1.00 bits per heavy atom. The van der Waals surface area contributed by atoms with Crippen LogP contribution in [0.5, 0.6) is 28.7 Å². The molecule has 0 unspecified atom stereocenters. The number of aryl methyl sites for hydroxylation is 1. The van der Waals surface area contributed by atoms with Gasteiger partial charge in [-0.3, -0.25) is 0 Å². The number of ether oxygens (including phenoxy) is 2. The highest BCUT2D eigenvalue weighted by molar-refractivity contribution is 5.99. The van der Waals surface area contributed by atoms with E-state index in [4.69, 9.17) is 9.47 Å². The zero-order chi connectivity index (χ0) is 21.1. The van der Waals surface area contributed by atoms with Gasteiger partial charge in [0, 0.05) is 17.7 Å². The third-order valence-corrected chi connectivity index (χ3v) is 4.97. The molecule has 0 spiro atoms. The Morgan fingerprint density at radius 2 is 1.72 bits per heavy atom. The highest BCUT2D eigenvalue weighted by Gasteiger charge is 2.31. The first-order valence-corrected chi connectivity index (χ1v) is 9.69. The zero-order valence-corrected chi connectivity index (χ0v) is 16.4.